The van der Waals surface area contributed by atoms with E-state index < -0.39 is 45.9 Å². The molecule has 2 aromatic rings. The maximum atomic E-state index is 11.6. The van der Waals surface area contributed by atoms with E-state index in [2.05, 4.69) is 5.32 Å². The Hall–Kier alpha value is -1.97. The molecule has 11 nitrogen and oxygen atoms in total. The maximum Gasteiger partial charge on any atom is 0.296 e. The van der Waals surface area contributed by atoms with Crippen LogP contribution in [-0.4, -0.2) is 58.3 Å². The van der Waals surface area contributed by atoms with E-state index in [1.165, 1.54) is 13.1 Å². The molecule has 0 aliphatic rings. The van der Waals surface area contributed by atoms with Gasteiger partial charge in [0, 0.05) is 18.5 Å². The highest BCUT2D eigenvalue weighted by molar-refractivity contribution is 7.86. The van der Waals surface area contributed by atoms with Gasteiger partial charge in [-0.05, 0) is 30.0 Å². The summed E-state index contributed by atoms with van der Waals surface area (Å²) >= 11 is 0. The van der Waals surface area contributed by atoms with E-state index in [1.807, 2.05) is 0 Å². The lowest BCUT2D eigenvalue weighted by Crippen LogP contribution is -2.09. The molecule has 0 aromatic heterocycles. The van der Waals surface area contributed by atoms with Crippen LogP contribution < -0.4 is 10.1 Å². The van der Waals surface area contributed by atoms with E-state index in [4.69, 9.17) is 9.29 Å². The Balaban J connectivity index is 2.63. The average Bonchev–Trinajstić information content (AvgIpc) is 2.54. The van der Waals surface area contributed by atoms with Crippen molar-refractivity contribution >= 4 is 46.8 Å². The Bertz CT molecular complexity index is 1220. The zero-order valence-electron chi connectivity index (χ0n) is 14.4. The summed E-state index contributed by atoms with van der Waals surface area (Å²) in [6.45, 7) is -0.223. The first-order valence-electron chi connectivity index (χ1n) is 7.55. The second-order valence-corrected chi connectivity index (χ2v) is 10.1. The summed E-state index contributed by atoms with van der Waals surface area (Å²) in [7, 11) is -12.1. The van der Waals surface area contributed by atoms with Gasteiger partial charge in [0.05, 0.1) is 22.9 Å². The Morgan fingerprint density at radius 1 is 0.929 bits per heavy atom. The summed E-state index contributed by atoms with van der Waals surface area (Å²) in [6, 6.07) is 4.25. The molecule has 0 heterocycles. The Labute approximate surface area is 161 Å². The molecule has 0 amide bonds. The summed E-state index contributed by atoms with van der Waals surface area (Å²) in [5.41, 5.74) is -0.00242. The average molecular weight is 455 g/mol. The zero-order valence-corrected chi connectivity index (χ0v) is 16.8. The second kappa shape index (κ2) is 7.81. The number of hydrogen-bond acceptors (Lipinski definition) is 8. The molecular weight excluding hydrogens is 438 g/mol. The van der Waals surface area contributed by atoms with Gasteiger partial charge in [-0.25, -0.2) is 0 Å². The molecule has 0 fully saturated rings. The first kappa shape index (κ1) is 22.3. The van der Waals surface area contributed by atoms with Crippen LogP contribution in [0.1, 0.15) is 6.42 Å². The van der Waals surface area contributed by atoms with Gasteiger partial charge in [0.2, 0.25) is 0 Å². The third-order valence-electron chi connectivity index (χ3n) is 3.64. The summed E-state index contributed by atoms with van der Waals surface area (Å²) in [4.78, 5) is -1.12. The fourth-order valence-electron chi connectivity index (χ4n) is 2.43. The van der Waals surface area contributed by atoms with Crippen LogP contribution in [0, 0.1) is 0 Å². The van der Waals surface area contributed by atoms with Crippen LogP contribution >= 0.6 is 0 Å². The summed E-state index contributed by atoms with van der Waals surface area (Å²) in [6.07, 6.45) is -0.113. The fraction of sp³-hybridized carbons (Fsp3) is 0.286. The first-order valence-corrected chi connectivity index (χ1v) is 12.0. The standard InChI is InChI=1S/C14H17NO10S3/c1-15-12-8-11-9(6-14(12)28(22,23)24)5-10(27(19,20)21)7-13(11)25-3-2-4-26(16,17)18/h5-8,15H,2-4H2,1H3,(H,16,17,18)(H,19,20,21)(H,22,23,24). The van der Waals surface area contributed by atoms with E-state index in [0.717, 1.165) is 18.2 Å². The van der Waals surface area contributed by atoms with Crippen molar-refractivity contribution in [1.82, 2.24) is 0 Å². The molecule has 0 atom stereocenters. The molecule has 0 bridgehead atoms. The Kier molecular flexibility index (Phi) is 6.22. The molecule has 0 saturated heterocycles. The first-order chi connectivity index (χ1) is 12.7. The molecule has 28 heavy (non-hydrogen) atoms. The van der Waals surface area contributed by atoms with Gasteiger partial charge in [-0.3, -0.25) is 13.7 Å². The lowest BCUT2D eigenvalue weighted by Gasteiger charge is -2.14. The topological polar surface area (TPSA) is 184 Å². The molecule has 0 aliphatic carbocycles. The van der Waals surface area contributed by atoms with Crippen LogP contribution in [0.15, 0.2) is 34.1 Å². The maximum absolute atomic E-state index is 11.6. The monoisotopic (exact) mass is 455 g/mol. The third-order valence-corrected chi connectivity index (χ3v) is 6.17. The van der Waals surface area contributed by atoms with Crippen LogP contribution in [0.25, 0.3) is 10.8 Å². The number of benzene rings is 2. The molecule has 0 saturated carbocycles. The largest absolute Gasteiger partial charge is 0.493 e. The van der Waals surface area contributed by atoms with Crippen molar-refractivity contribution in [3.05, 3.63) is 24.3 Å². The minimum absolute atomic E-state index is 0.00242. The molecule has 156 valence electrons. The number of ether oxygens (including phenoxy) is 1. The van der Waals surface area contributed by atoms with Gasteiger partial charge in [0.25, 0.3) is 30.4 Å². The minimum Gasteiger partial charge on any atom is -0.493 e. The number of nitrogens with one attached hydrogen (secondary N) is 1. The highest BCUT2D eigenvalue weighted by Crippen LogP contribution is 2.35. The van der Waals surface area contributed by atoms with Crippen molar-refractivity contribution < 1.29 is 43.6 Å². The van der Waals surface area contributed by atoms with Gasteiger partial charge in [0.15, 0.2) is 0 Å². The number of fused-ring (bicyclic) bond motifs is 1. The predicted octanol–water partition coefficient (Wildman–Crippen LogP) is 1.03. The third kappa shape index (κ3) is 5.52. The minimum atomic E-state index is -4.68. The number of rotatable bonds is 8. The molecule has 0 spiro atoms. The van der Waals surface area contributed by atoms with Crippen molar-refractivity contribution in [2.24, 2.45) is 0 Å². The van der Waals surface area contributed by atoms with Crippen molar-refractivity contribution in [3.63, 3.8) is 0 Å². The van der Waals surface area contributed by atoms with Crippen molar-refractivity contribution in [2.75, 3.05) is 24.7 Å². The van der Waals surface area contributed by atoms with Gasteiger partial charge >= 0.3 is 0 Å². The van der Waals surface area contributed by atoms with Crippen LogP contribution in [0.4, 0.5) is 5.69 Å². The molecule has 0 unspecified atom stereocenters. The normalized spacial score (nSPS) is 12.9. The highest BCUT2D eigenvalue weighted by Gasteiger charge is 2.20. The Morgan fingerprint density at radius 2 is 1.57 bits per heavy atom. The van der Waals surface area contributed by atoms with Crippen molar-refractivity contribution in [2.45, 2.75) is 16.2 Å². The van der Waals surface area contributed by atoms with Gasteiger partial charge < -0.3 is 10.1 Å². The van der Waals surface area contributed by atoms with E-state index in [0.29, 0.717) is 0 Å². The molecule has 0 radical (unpaired) electrons. The van der Waals surface area contributed by atoms with Gasteiger partial charge in [0.1, 0.15) is 10.6 Å². The zero-order chi connectivity index (χ0) is 21.3. The quantitative estimate of drug-likeness (QED) is 0.329. The number of hydrogen-bond donors (Lipinski definition) is 4. The van der Waals surface area contributed by atoms with E-state index in [-0.39, 0.29) is 35.2 Å². The lowest BCUT2D eigenvalue weighted by molar-refractivity contribution is 0.319. The lowest BCUT2D eigenvalue weighted by atomic mass is 10.1. The van der Waals surface area contributed by atoms with Crippen LogP contribution in [0.3, 0.4) is 0 Å². The molecule has 4 N–H and O–H groups in total. The summed E-state index contributed by atoms with van der Waals surface area (Å²) in [5, 5.41) is 2.83. The van der Waals surface area contributed by atoms with Gasteiger partial charge in [-0.2, -0.15) is 25.3 Å². The summed E-state index contributed by atoms with van der Waals surface area (Å²) < 4.78 is 100. The van der Waals surface area contributed by atoms with Crippen LogP contribution in [0.2, 0.25) is 0 Å². The van der Waals surface area contributed by atoms with Gasteiger partial charge in [-0.1, -0.05) is 0 Å². The van der Waals surface area contributed by atoms with E-state index in [1.54, 1.807) is 0 Å². The molecule has 14 heteroatoms. The predicted molar refractivity (Wildman–Crippen MR) is 99.7 cm³/mol. The summed E-state index contributed by atoms with van der Waals surface area (Å²) in [5.74, 6) is -0.670. The van der Waals surface area contributed by atoms with Crippen LogP contribution in [-0.2, 0) is 30.4 Å². The second-order valence-electron chi connectivity index (χ2n) is 5.68. The van der Waals surface area contributed by atoms with Crippen molar-refractivity contribution in [1.29, 1.82) is 0 Å². The molecule has 0 aliphatic heterocycles. The highest BCUT2D eigenvalue weighted by atomic mass is 32.2. The SMILES string of the molecule is CNc1cc2c(OCCCS(=O)(=O)O)cc(S(=O)(=O)O)cc2cc1S(=O)(=O)O. The molecule has 2 aromatic carbocycles. The molecule has 2 rings (SSSR count). The smallest absolute Gasteiger partial charge is 0.296 e. The number of anilines is 1. The van der Waals surface area contributed by atoms with Crippen LogP contribution in [0.5, 0.6) is 5.75 Å². The van der Waals surface area contributed by atoms with E-state index >= 15 is 0 Å². The van der Waals surface area contributed by atoms with E-state index in [9.17, 15) is 34.4 Å². The van der Waals surface area contributed by atoms with Crippen molar-refractivity contribution in [3.8, 4) is 5.75 Å². The fourth-order valence-corrected chi connectivity index (χ4v) is 4.16. The van der Waals surface area contributed by atoms with Gasteiger partial charge in [-0.15, -0.1) is 0 Å². The Morgan fingerprint density at radius 3 is 2.07 bits per heavy atom. The molecular formula is C14H17NO10S3.